The first-order valence-electron chi connectivity index (χ1n) is 10.6. The molecule has 4 heterocycles. The second-order valence-electron chi connectivity index (χ2n) is 8.04. The number of aromatic nitrogens is 8. The Balaban J connectivity index is 1.43. The molecule has 0 unspecified atom stereocenters. The average molecular weight is 468 g/mol. The van der Waals surface area contributed by atoms with Crippen molar-refractivity contribution >= 4 is 22.9 Å². The van der Waals surface area contributed by atoms with Crippen LogP contribution in [0.2, 0.25) is 0 Å². The second-order valence-corrected chi connectivity index (χ2v) is 8.04. The van der Waals surface area contributed by atoms with E-state index in [1.807, 2.05) is 30.3 Å². The van der Waals surface area contributed by atoms with Gasteiger partial charge in [-0.1, -0.05) is 30.3 Å². The fourth-order valence-corrected chi connectivity index (χ4v) is 3.95. The van der Waals surface area contributed by atoms with Crippen LogP contribution in [0.1, 0.15) is 23.7 Å². The van der Waals surface area contributed by atoms with Gasteiger partial charge in [0.15, 0.2) is 23.8 Å². The van der Waals surface area contributed by atoms with Gasteiger partial charge in [0.25, 0.3) is 0 Å². The summed E-state index contributed by atoms with van der Waals surface area (Å²) < 4.78 is 7.35. The van der Waals surface area contributed by atoms with Crippen molar-refractivity contribution < 1.29 is 20.1 Å². The lowest BCUT2D eigenvalue weighted by Gasteiger charge is -2.18. The molecule has 14 heteroatoms. The Kier molecular flexibility index (Phi) is 5.79. The summed E-state index contributed by atoms with van der Waals surface area (Å²) in [6, 6.07) is 9.33. The minimum Gasteiger partial charge on any atom is -0.394 e. The molecule has 0 radical (unpaired) electrons. The Labute approximate surface area is 193 Å². The number of hydrogen-bond acceptors (Lipinski definition) is 12. The van der Waals surface area contributed by atoms with E-state index in [0.717, 1.165) is 5.56 Å². The summed E-state index contributed by atoms with van der Waals surface area (Å²) in [4.78, 5) is 14.2. The monoisotopic (exact) mass is 468 g/mol. The van der Waals surface area contributed by atoms with Gasteiger partial charge in [0.05, 0.1) is 26.0 Å². The molecule has 5 atom stereocenters. The maximum absolute atomic E-state index is 10.7. The fourth-order valence-electron chi connectivity index (χ4n) is 3.95. The number of anilines is 2. The van der Waals surface area contributed by atoms with E-state index < -0.39 is 24.5 Å². The van der Waals surface area contributed by atoms with Crippen molar-refractivity contribution in [1.29, 1.82) is 0 Å². The Bertz CT molecular complexity index is 1280. The number of benzene rings is 1. The topological polar surface area (TPSA) is 195 Å². The first kappa shape index (κ1) is 22.1. The highest BCUT2D eigenvalue weighted by Gasteiger charge is 2.47. The number of fused-ring (bicyclic) bond motifs is 1. The molecule has 1 aliphatic rings. The van der Waals surface area contributed by atoms with Crippen molar-refractivity contribution in [2.75, 3.05) is 17.7 Å². The summed E-state index contributed by atoms with van der Waals surface area (Å²) in [5.74, 6) is 0.439. The first-order chi connectivity index (χ1) is 16.4. The zero-order valence-electron chi connectivity index (χ0n) is 18.2. The predicted octanol–water partition coefficient (Wildman–Crippen LogP) is -1.06. The van der Waals surface area contributed by atoms with E-state index in [0.29, 0.717) is 11.9 Å². The molecule has 1 saturated heterocycles. The average Bonchev–Trinajstić information content (AvgIpc) is 3.52. The molecule has 1 aliphatic heterocycles. The molecule has 0 spiro atoms. The summed E-state index contributed by atoms with van der Waals surface area (Å²) in [5.41, 5.74) is 7.74. The van der Waals surface area contributed by atoms with Crippen LogP contribution in [-0.4, -0.2) is 79.9 Å². The van der Waals surface area contributed by atoms with Crippen LogP contribution in [0.5, 0.6) is 0 Å². The molecule has 14 nitrogen and oxygen atoms in total. The lowest BCUT2D eigenvalue weighted by Crippen LogP contribution is -2.29. The lowest BCUT2D eigenvalue weighted by atomic mass is 10.1. The standard InChI is InChI=1S/C20H24N10O4/c1-29-27-17(26-28-29)15-13(32)14(33)19(34-15)30-9-22-12-16(21)24-20(25-18(12)30)23-11(8-31)7-10-5-3-2-4-6-10/h2-6,9,11,13-15,19,31-33H,7-8H2,1H3,(H3,21,23,24,25)/t11-,13-,14+,15-,19+/m0/s1. The van der Waals surface area contributed by atoms with Crippen molar-refractivity contribution in [3.05, 3.63) is 48.0 Å². The molecular formula is C20H24N10O4. The van der Waals surface area contributed by atoms with E-state index in [9.17, 15) is 15.3 Å². The predicted molar refractivity (Wildman–Crippen MR) is 118 cm³/mol. The first-order valence-corrected chi connectivity index (χ1v) is 10.6. The number of nitrogens with two attached hydrogens (primary N) is 1. The van der Waals surface area contributed by atoms with E-state index in [4.69, 9.17) is 10.5 Å². The summed E-state index contributed by atoms with van der Waals surface area (Å²) in [7, 11) is 1.58. The third kappa shape index (κ3) is 4.03. The van der Waals surface area contributed by atoms with Crippen molar-refractivity contribution in [2.45, 2.75) is 37.0 Å². The van der Waals surface area contributed by atoms with Gasteiger partial charge >= 0.3 is 0 Å². The van der Waals surface area contributed by atoms with Gasteiger partial charge < -0.3 is 31.1 Å². The molecule has 4 aromatic rings. The van der Waals surface area contributed by atoms with E-state index in [1.165, 1.54) is 15.7 Å². The molecule has 6 N–H and O–H groups in total. The molecule has 0 amide bonds. The lowest BCUT2D eigenvalue weighted by molar-refractivity contribution is -0.0384. The third-order valence-electron chi connectivity index (χ3n) is 5.62. The molecule has 5 rings (SSSR count). The molecule has 178 valence electrons. The van der Waals surface area contributed by atoms with E-state index in [-0.39, 0.29) is 35.9 Å². The van der Waals surface area contributed by atoms with Crippen molar-refractivity contribution in [3.8, 4) is 0 Å². The molecular weight excluding hydrogens is 444 g/mol. The van der Waals surface area contributed by atoms with Crippen molar-refractivity contribution in [3.63, 3.8) is 0 Å². The maximum Gasteiger partial charge on any atom is 0.227 e. The van der Waals surface area contributed by atoms with Crippen molar-refractivity contribution in [1.82, 2.24) is 39.7 Å². The quantitative estimate of drug-likeness (QED) is 0.221. The normalized spacial score (nSPS) is 23.4. The van der Waals surface area contributed by atoms with Gasteiger partial charge in [-0.25, -0.2) is 4.98 Å². The molecule has 3 aromatic heterocycles. The Morgan fingerprint density at radius 2 is 1.97 bits per heavy atom. The van der Waals surface area contributed by atoms with Crippen LogP contribution in [0, 0.1) is 0 Å². The van der Waals surface area contributed by atoms with Crippen LogP contribution in [0.4, 0.5) is 11.8 Å². The summed E-state index contributed by atoms with van der Waals surface area (Å²) in [6.45, 7) is -0.154. The number of tetrazole rings is 1. The van der Waals surface area contributed by atoms with Crippen LogP contribution in [0.25, 0.3) is 11.2 Å². The third-order valence-corrected chi connectivity index (χ3v) is 5.62. The van der Waals surface area contributed by atoms with E-state index in [2.05, 4.69) is 35.7 Å². The number of aryl methyl sites for hydroxylation is 1. The van der Waals surface area contributed by atoms with Gasteiger partial charge in [-0.2, -0.15) is 14.8 Å². The zero-order chi connectivity index (χ0) is 23.8. The molecule has 0 saturated carbocycles. The smallest absolute Gasteiger partial charge is 0.227 e. The molecule has 0 bridgehead atoms. The van der Waals surface area contributed by atoms with Gasteiger partial charge in [-0.05, 0) is 17.2 Å². The van der Waals surface area contributed by atoms with Gasteiger partial charge in [0, 0.05) is 0 Å². The number of aliphatic hydroxyl groups excluding tert-OH is 3. The number of nitrogens with zero attached hydrogens (tertiary/aromatic N) is 8. The maximum atomic E-state index is 10.7. The highest BCUT2D eigenvalue weighted by Crippen LogP contribution is 2.38. The number of imidazole rings is 1. The van der Waals surface area contributed by atoms with Crippen LogP contribution < -0.4 is 11.1 Å². The van der Waals surface area contributed by atoms with Crippen LogP contribution >= 0.6 is 0 Å². The highest BCUT2D eigenvalue weighted by atomic mass is 16.6. The number of nitrogens with one attached hydrogen (secondary N) is 1. The number of hydrogen-bond donors (Lipinski definition) is 5. The number of aliphatic hydroxyl groups is 3. The SMILES string of the molecule is Cn1nnc([C@H]2O[C@@H](n3cnc4c(N)nc(N[C@H](CO)Cc5ccccc5)nc43)[C@H](O)[C@@H]2O)n1. The van der Waals surface area contributed by atoms with Gasteiger partial charge in [0.1, 0.15) is 17.7 Å². The Hall–Kier alpha value is -3.72. The van der Waals surface area contributed by atoms with Gasteiger partial charge in [0.2, 0.25) is 11.8 Å². The zero-order valence-corrected chi connectivity index (χ0v) is 18.2. The molecule has 1 fully saturated rings. The van der Waals surface area contributed by atoms with Crippen LogP contribution in [-0.2, 0) is 18.2 Å². The fraction of sp³-hybridized carbons (Fsp3) is 0.400. The summed E-state index contributed by atoms with van der Waals surface area (Å²) in [5, 5.41) is 45.8. The highest BCUT2D eigenvalue weighted by molar-refractivity contribution is 5.83. The molecule has 34 heavy (non-hydrogen) atoms. The van der Waals surface area contributed by atoms with Gasteiger partial charge in [-0.15, -0.1) is 10.2 Å². The summed E-state index contributed by atoms with van der Waals surface area (Å²) in [6.07, 6.45) is -2.70. The minimum absolute atomic E-state index is 0.114. The van der Waals surface area contributed by atoms with Crippen molar-refractivity contribution in [2.24, 2.45) is 7.05 Å². The van der Waals surface area contributed by atoms with E-state index >= 15 is 0 Å². The van der Waals surface area contributed by atoms with Crippen LogP contribution in [0.15, 0.2) is 36.7 Å². The molecule has 0 aliphatic carbocycles. The largest absolute Gasteiger partial charge is 0.394 e. The Morgan fingerprint density at radius 3 is 2.68 bits per heavy atom. The number of rotatable bonds is 7. The minimum atomic E-state index is -1.32. The van der Waals surface area contributed by atoms with Gasteiger partial charge in [-0.3, -0.25) is 4.57 Å². The van der Waals surface area contributed by atoms with Crippen LogP contribution in [0.3, 0.4) is 0 Å². The summed E-state index contributed by atoms with van der Waals surface area (Å²) >= 11 is 0. The number of nitrogen functional groups attached to an aromatic ring is 1. The molecule has 1 aromatic carbocycles. The Morgan fingerprint density at radius 1 is 1.18 bits per heavy atom. The number of ether oxygens (including phenoxy) is 1. The second kappa shape index (κ2) is 8.90. The van der Waals surface area contributed by atoms with E-state index in [1.54, 1.807) is 7.05 Å².